The fourth-order valence-corrected chi connectivity index (χ4v) is 5.01. The van der Waals surface area contributed by atoms with Crippen LogP contribution in [0.2, 0.25) is 0 Å². The quantitative estimate of drug-likeness (QED) is 0.402. The second-order valence-corrected chi connectivity index (χ2v) is 9.47. The van der Waals surface area contributed by atoms with E-state index in [1.54, 1.807) is 0 Å². The van der Waals surface area contributed by atoms with E-state index >= 15 is 0 Å². The van der Waals surface area contributed by atoms with E-state index in [9.17, 15) is 9.59 Å². The average Bonchev–Trinajstić information content (AvgIpc) is 3.02. The molecule has 0 spiro atoms. The van der Waals surface area contributed by atoms with E-state index in [0.29, 0.717) is 27.8 Å². The van der Waals surface area contributed by atoms with Gasteiger partial charge in [0, 0.05) is 5.75 Å². The topological polar surface area (TPSA) is 37.4 Å². The van der Waals surface area contributed by atoms with Crippen LogP contribution >= 0.6 is 11.8 Å². The van der Waals surface area contributed by atoms with Crippen molar-refractivity contribution in [2.75, 3.05) is 4.90 Å². The number of aryl methyl sites for hydroxylation is 2. The molecular weight excluding hydrogens is 414 g/mol. The van der Waals surface area contributed by atoms with E-state index in [0.717, 1.165) is 22.3 Å². The van der Waals surface area contributed by atoms with Crippen LogP contribution in [-0.2, 0) is 15.3 Å². The summed E-state index contributed by atoms with van der Waals surface area (Å²) in [6.07, 6.45) is 0. The number of imide groups is 1. The van der Waals surface area contributed by atoms with Crippen LogP contribution in [0.1, 0.15) is 47.6 Å². The summed E-state index contributed by atoms with van der Waals surface area (Å²) >= 11 is 1.44. The highest BCUT2D eigenvalue weighted by atomic mass is 32.2. The Morgan fingerprint density at radius 1 is 0.844 bits per heavy atom. The van der Waals surface area contributed by atoms with Crippen molar-refractivity contribution in [1.29, 1.82) is 0 Å². The van der Waals surface area contributed by atoms with Gasteiger partial charge in [0.15, 0.2) is 0 Å². The van der Waals surface area contributed by atoms with Crippen molar-refractivity contribution >= 4 is 34.8 Å². The van der Waals surface area contributed by atoms with E-state index in [1.165, 1.54) is 22.2 Å². The van der Waals surface area contributed by atoms with E-state index < -0.39 is 0 Å². The van der Waals surface area contributed by atoms with Gasteiger partial charge in [0.25, 0.3) is 11.8 Å². The summed E-state index contributed by atoms with van der Waals surface area (Å²) in [5.74, 6) is 0.511. The van der Waals surface area contributed by atoms with Gasteiger partial charge in [-0.05, 0) is 54.2 Å². The van der Waals surface area contributed by atoms with Gasteiger partial charge < -0.3 is 0 Å². The molecule has 3 nitrogen and oxygen atoms in total. The number of carbonyl (C=O) groups is 2. The number of hydrogen-bond acceptors (Lipinski definition) is 3. The van der Waals surface area contributed by atoms with Crippen LogP contribution in [0.3, 0.4) is 0 Å². The third-order valence-electron chi connectivity index (χ3n) is 5.74. The molecule has 0 atom stereocenters. The number of nitrogens with zero attached hydrogens (tertiary/aromatic N) is 1. The molecule has 3 aromatic rings. The van der Waals surface area contributed by atoms with Crippen LogP contribution in [0.5, 0.6) is 0 Å². The van der Waals surface area contributed by atoms with Crippen molar-refractivity contribution in [3.63, 3.8) is 0 Å². The van der Waals surface area contributed by atoms with Crippen LogP contribution in [0.4, 0.5) is 5.69 Å². The van der Waals surface area contributed by atoms with E-state index in [4.69, 9.17) is 0 Å². The number of amides is 2. The molecule has 4 rings (SSSR count). The maximum absolute atomic E-state index is 13.6. The highest BCUT2D eigenvalue weighted by Gasteiger charge is 2.40. The lowest BCUT2D eigenvalue weighted by molar-refractivity contribution is -0.119. The largest absolute Gasteiger partial charge is 0.272 e. The fraction of sp³-hybridized carbons (Fsp3) is 0.214. The van der Waals surface area contributed by atoms with Crippen LogP contribution in [0.15, 0.2) is 77.7 Å². The first-order chi connectivity index (χ1) is 15.4. The smallest absolute Gasteiger partial charge is 0.268 e. The normalized spacial score (nSPS) is 14.1. The van der Waals surface area contributed by atoms with Crippen molar-refractivity contribution in [3.8, 4) is 0 Å². The van der Waals surface area contributed by atoms with Gasteiger partial charge in [0.2, 0.25) is 0 Å². The average molecular weight is 442 g/mol. The molecule has 0 N–H and O–H groups in total. The van der Waals surface area contributed by atoms with Gasteiger partial charge in [-0.15, -0.1) is 11.8 Å². The van der Waals surface area contributed by atoms with Gasteiger partial charge in [-0.3, -0.25) is 9.59 Å². The summed E-state index contributed by atoms with van der Waals surface area (Å²) in [5, 5.41) is 0. The molecule has 32 heavy (non-hydrogen) atoms. The predicted molar refractivity (Wildman–Crippen MR) is 134 cm³/mol. The van der Waals surface area contributed by atoms with Gasteiger partial charge in [-0.1, -0.05) is 80.1 Å². The molecule has 2 amide bonds. The second-order valence-electron chi connectivity index (χ2n) is 8.49. The monoisotopic (exact) mass is 441 g/mol. The van der Waals surface area contributed by atoms with Gasteiger partial charge in [0.05, 0.1) is 16.2 Å². The summed E-state index contributed by atoms with van der Waals surface area (Å²) in [5.41, 5.74) is 6.35. The molecule has 1 heterocycles. The van der Waals surface area contributed by atoms with E-state index in [2.05, 4.69) is 19.9 Å². The van der Waals surface area contributed by atoms with Crippen molar-refractivity contribution in [3.05, 3.63) is 106 Å². The molecule has 0 aromatic heterocycles. The summed E-state index contributed by atoms with van der Waals surface area (Å²) in [7, 11) is 0. The third kappa shape index (κ3) is 4.28. The molecule has 0 unspecified atom stereocenters. The van der Waals surface area contributed by atoms with Gasteiger partial charge in [0.1, 0.15) is 0 Å². The summed E-state index contributed by atoms with van der Waals surface area (Å²) in [6.45, 7) is 8.27. The zero-order chi connectivity index (χ0) is 22.8. The Bertz CT molecular complexity index is 1190. The van der Waals surface area contributed by atoms with Crippen LogP contribution in [0.25, 0.3) is 5.57 Å². The minimum absolute atomic E-state index is 0.247. The Morgan fingerprint density at radius 2 is 1.53 bits per heavy atom. The van der Waals surface area contributed by atoms with Crippen molar-refractivity contribution in [2.24, 2.45) is 0 Å². The molecule has 0 aliphatic carbocycles. The highest BCUT2D eigenvalue weighted by molar-refractivity contribution is 8.03. The lowest BCUT2D eigenvalue weighted by Crippen LogP contribution is -2.31. The zero-order valence-electron chi connectivity index (χ0n) is 18.9. The second kappa shape index (κ2) is 9.17. The van der Waals surface area contributed by atoms with Crippen molar-refractivity contribution < 1.29 is 9.59 Å². The maximum Gasteiger partial charge on any atom is 0.272 e. The standard InChI is InChI=1S/C28H27NO2S/c1-18(2)22-11-13-23(14-12-22)29-27(30)25(24-15-10-19(3)16-20(24)4)26(28(29)31)32-17-21-8-6-5-7-9-21/h5-16,18H,17H2,1-4H3. The zero-order valence-corrected chi connectivity index (χ0v) is 19.7. The number of benzene rings is 3. The van der Waals surface area contributed by atoms with Crippen LogP contribution in [0, 0.1) is 13.8 Å². The minimum Gasteiger partial charge on any atom is -0.268 e. The number of hydrogen-bond donors (Lipinski definition) is 0. The molecule has 0 fully saturated rings. The number of carbonyl (C=O) groups excluding carboxylic acids is 2. The lowest BCUT2D eigenvalue weighted by Gasteiger charge is -2.16. The van der Waals surface area contributed by atoms with Gasteiger partial charge in [-0.25, -0.2) is 4.90 Å². The Kier molecular flexibility index (Phi) is 6.33. The molecule has 4 heteroatoms. The third-order valence-corrected chi connectivity index (χ3v) is 6.88. The van der Waals surface area contributed by atoms with Crippen LogP contribution < -0.4 is 4.90 Å². The molecule has 3 aromatic carbocycles. The van der Waals surface area contributed by atoms with Crippen LogP contribution in [-0.4, -0.2) is 11.8 Å². The number of thioether (sulfide) groups is 1. The minimum atomic E-state index is -0.255. The Hall–Kier alpha value is -3.11. The van der Waals surface area contributed by atoms with E-state index in [1.807, 2.05) is 80.6 Å². The first kappa shape index (κ1) is 22.1. The highest BCUT2D eigenvalue weighted by Crippen LogP contribution is 2.40. The van der Waals surface area contributed by atoms with E-state index in [-0.39, 0.29) is 11.8 Å². The molecule has 1 aliphatic rings. The molecule has 0 saturated heterocycles. The first-order valence-electron chi connectivity index (χ1n) is 10.8. The lowest BCUT2D eigenvalue weighted by atomic mass is 9.98. The van der Waals surface area contributed by atoms with Gasteiger partial charge in [-0.2, -0.15) is 0 Å². The first-order valence-corrected chi connectivity index (χ1v) is 11.8. The molecule has 162 valence electrons. The predicted octanol–water partition coefficient (Wildman–Crippen LogP) is 6.64. The molecule has 1 aliphatic heterocycles. The Labute approximate surface area is 194 Å². The maximum atomic E-state index is 13.6. The molecule has 0 radical (unpaired) electrons. The fourth-order valence-electron chi connectivity index (χ4n) is 3.95. The Morgan fingerprint density at radius 3 is 2.16 bits per heavy atom. The molecular formula is C28H27NO2S. The number of anilines is 1. The summed E-state index contributed by atoms with van der Waals surface area (Å²) in [6, 6.07) is 23.7. The van der Waals surface area contributed by atoms with Crippen molar-refractivity contribution in [1.82, 2.24) is 0 Å². The Balaban J connectivity index is 1.75. The number of rotatable bonds is 6. The van der Waals surface area contributed by atoms with Crippen molar-refractivity contribution in [2.45, 2.75) is 39.4 Å². The summed E-state index contributed by atoms with van der Waals surface area (Å²) < 4.78 is 0. The molecule has 0 bridgehead atoms. The SMILES string of the molecule is Cc1ccc(C2=C(SCc3ccccc3)C(=O)N(c3ccc(C(C)C)cc3)C2=O)c(C)c1. The summed E-state index contributed by atoms with van der Waals surface area (Å²) in [4.78, 5) is 29.0. The van der Waals surface area contributed by atoms with Gasteiger partial charge >= 0.3 is 0 Å². The molecule has 0 saturated carbocycles.